The van der Waals surface area contributed by atoms with Gasteiger partial charge in [-0.2, -0.15) is 0 Å². The van der Waals surface area contributed by atoms with E-state index in [2.05, 4.69) is 4.98 Å². The Balaban J connectivity index is 1.51. The number of fused-ring (bicyclic) bond motifs is 1. The van der Waals surface area contributed by atoms with Crippen molar-refractivity contribution in [1.29, 1.82) is 0 Å². The lowest BCUT2D eigenvalue weighted by Crippen LogP contribution is -2.68. The number of rotatable bonds is 6. The van der Waals surface area contributed by atoms with Crippen LogP contribution in [0.25, 0.3) is 6.08 Å². The average Bonchev–Trinajstić information content (AvgIpc) is 2.91. The van der Waals surface area contributed by atoms with Crippen molar-refractivity contribution in [2.24, 2.45) is 5.73 Å². The van der Waals surface area contributed by atoms with E-state index in [4.69, 9.17) is 10.5 Å². The molecule has 170 valence electrons. The summed E-state index contributed by atoms with van der Waals surface area (Å²) in [6.45, 7) is 0. The Bertz CT molecular complexity index is 1210. The molecule has 1 unspecified atom stereocenters. The summed E-state index contributed by atoms with van der Waals surface area (Å²) in [4.78, 5) is 31.8. The van der Waals surface area contributed by atoms with E-state index < -0.39 is 18.1 Å². The number of nitrogens with two attached hydrogens (primary N) is 1. The average molecular weight is 470 g/mol. The lowest BCUT2D eigenvalue weighted by molar-refractivity contribution is -0.153. The molecule has 1 amide bonds. The highest BCUT2D eigenvalue weighted by molar-refractivity contribution is 8.00. The van der Waals surface area contributed by atoms with Crippen molar-refractivity contribution in [2.45, 2.75) is 17.5 Å². The molecule has 7 heteroatoms. The van der Waals surface area contributed by atoms with Crippen LogP contribution >= 0.6 is 11.8 Å². The molecule has 2 N–H and O–H groups in total. The number of thioether (sulfide) groups is 1. The largest absolute Gasteiger partial charge is 0.448 e. The minimum atomic E-state index is -0.613. The number of allylic oxidation sites excluding steroid dienone is 1. The second-order valence-corrected chi connectivity index (χ2v) is 9.14. The number of esters is 1. The standard InChI is InChI=1S/C27H23N3O3S/c28-22-25(31)30-23(21(17-34-26(22)30)12-11-18-13-15-29-16-14-18)27(32)33-24(19-7-3-1-4-8-19)20-9-5-2-6-10-20/h1-16,22,24,26H,17,28H2/t22?,26-/m1/s1. The molecule has 0 bridgehead atoms. The van der Waals surface area contributed by atoms with Gasteiger partial charge >= 0.3 is 5.97 Å². The number of β-lactam (4-membered cyclic amide) rings is 1. The molecule has 0 saturated carbocycles. The molecule has 34 heavy (non-hydrogen) atoms. The van der Waals surface area contributed by atoms with Crippen molar-refractivity contribution < 1.29 is 14.3 Å². The zero-order valence-corrected chi connectivity index (χ0v) is 19.1. The molecular formula is C27H23N3O3S. The Hall–Kier alpha value is -3.68. The molecule has 0 radical (unpaired) electrons. The number of pyridine rings is 1. The van der Waals surface area contributed by atoms with Gasteiger partial charge in [0.25, 0.3) is 0 Å². The van der Waals surface area contributed by atoms with Crippen molar-refractivity contribution in [3.05, 3.63) is 119 Å². The van der Waals surface area contributed by atoms with Crippen LogP contribution in [0.1, 0.15) is 22.8 Å². The Morgan fingerprint density at radius 2 is 1.62 bits per heavy atom. The van der Waals surface area contributed by atoms with Gasteiger partial charge in [-0.25, -0.2) is 4.79 Å². The normalized spacial score (nSPS) is 19.8. The van der Waals surface area contributed by atoms with E-state index in [1.165, 1.54) is 4.90 Å². The first-order valence-electron chi connectivity index (χ1n) is 11.0. The van der Waals surface area contributed by atoms with E-state index in [0.29, 0.717) is 5.75 Å². The predicted molar refractivity (Wildman–Crippen MR) is 132 cm³/mol. The summed E-state index contributed by atoms with van der Waals surface area (Å²) < 4.78 is 6.10. The minimum absolute atomic E-state index is 0.262. The number of carbonyl (C=O) groups excluding carboxylic acids is 2. The smallest absolute Gasteiger partial charge is 0.356 e. The molecule has 0 spiro atoms. The van der Waals surface area contributed by atoms with E-state index in [1.54, 1.807) is 24.2 Å². The molecule has 2 atom stereocenters. The van der Waals surface area contributed by atoms with E-state index in [-0.39, 0.29) is 17.0 Å². The van der Waals surface area contributed by atoms with Crippen LogP contribution < -0.4 is 5.73 Å². The zero-order chi connectivity index (χ0) is 23.5. The van der Waals surface area contributed by atoms with Crippen LogP contribution in [-0.4, -0.2) is 38.9 Å². The van der Waals surface area contributed by atoms with Gasteiger partial charge < -0.3 is 10.5 Å². The van der Waals surface area contributed by atoms with Crippen molar-refractivity contribution >= 4 is 29.7 Å². The summed E-state index contributed by atoms with van der Waals surface area (Å²) in [5, 5.41) is -0.264. The zero-order valence-electron chi connectivity index (χ0n) is 18.3. The summed E-state index contributed by atoms with van der Waals surface area (Å²) in [6.07, 6.45) is 6.58. The summed E-state index contributed by atoms with van der Waals surface area (Å²) in [7, 11) is 0. The maximum Gasteiger partial charge on any atom is 0.356 e. The van der Waals surface area contributed by atoms with Gasteiger partial charge in [0.15, 0.2) is 6.10 Å². The lowest BCUT2D eigenvalue weighted by Gasteiger charge is -2.48. The van der Waals surface area contributed by atoms with Crippen LogP contribution in [-0.2, 0) is 14.3 Å². The number of hydrogen-bond acceptors (Lipinski definition) is 6. The summed E-state index contributed by atoms with van der Waals surface area (Å²) in [5.41, 5.74) is 9.66. The van der Waals surface area contributed by atoms with Crippen molar-refractivity contribution in [1.82, 2.24) is 9.88 Å². The van der Waals surface area contributed by atoms with Crippen LogP contribution in [0.4, 0.5) is 0 Å². The maximum absolute atomic E-state index is 13.7. The quantitative estimate of drug-likeness (QED) is 0.435. The first-order chi connectivity index (χ1) is 16.6. The fraction of sp³-hybridized carbons (Fsp3) is 0.148. The van der Waals surface area contributed by atoms with Gasteiger partial charge in [-0.1, -0.05) is 72.8 Å². The highest BCUT2D eigenvalue weighted by Crippen LogP contribution is 2.41. The summed E-state index contributed by atoms with van der Waals surface area (Å²) in [6, 6.07) is 22.3. The third-order valence-corrected chi connectivity index (χ3v) is 7.17. The Kier molecular flexibility index (Phi) is 6.29. The number of benzene rings is 2. The van der Waals surface area contributed by atoms with Crippen molar-refractivity contribution in [3.8, 4) is 0 Å². The number of aromatic nitrogens is 1. The highest BCUT2D eigenvalue weighted by Gasteiger charge is 2.52. The van der Waals surface area contributed by atoms with Gasteiger partial charge in [0, 0.05) is 18.1 Å². The lowest BCUT2D eigenvalue weighted by atomic mass is 10.0. The summed E-state index contributed by atoms with van der Waals surface area (Å²) >= 11 is 1.55. The fourth-order valence-corrected chi connectivity index (χ4v) is 5.34. The third-order valence-electron chi connectivity index (χ3n) is 5.84. The molecule has 2 aromatic carbocycles. The van der Waals surface area contributed by atoms with E-state index >= 15 is 0 Å². The van der Waals surface area contributed by atoms with Crippen LogP contribution in [0.15, 0.2) is 103 Å². The fourth-order valence-electron chi connectivity index (χ4n) is 4.08. The molecule has 6 nitrogen and oxygen atoms in total. The first kappa shape index (κ1) is 22.1. The van der Waals surface area contributed by atoms with Crippen molar-refractivity contribution in [3.63, 3.8) is 0 Å². The molecule has 1 aromatic heterocycles. The second-order valence-electron chi connectivity index (χ2n) is 8.03. The minimum Gasteiger partial charge on any atom is -0.448 e. The van der Waals surface area contributed by atoms with Gasteiger partial charge in [0.05, 0.1) is 0 Å². The molecule has 0 aliphatic carbocycles. The van der Waals surface area contributed by atoms with Crippen LogP contribution in [0.3, 0.4) is 0 Å². The molecule has 2 aliphatic heterocycles. The highest BCUT2D eigenvalue weighted by atomic mass is 32.2. The topological polar surface area (TPSA) is 85.5 Å². The SMILES string of the molecule is NC1C(=O)N2C(C(=O)OC(c3ccccc3)c3ccccc3)=C(C=Cc3ccncc3)CS[C@H]12. The number of hydrogen-bond donors (Lipinski definition) is 1. The van der Waals surface area contributed by atoms with Gasteiger partial charge in [-0.05, 0) is 34.4 Å². The second kappa shape index (κ2) is 9.67. The Morgan fingerprint density at radius 1 is 1.00 bits per heavy atom. The Morgan fingerprint density at radius 3 is 2.24 bits per heavy atom. The Labute approximate surface area is 202 Å². The first-order valence-corrected chi connectivity index (χ1v) is 12.0. The van der Waals surface area contributed by atoms with E-state index in [0.717, 1.165) is 22.3 Å². The number of amides is 1. The van der Waals surface area contributed by atoms with Crippen LogP contribution in [0, 0.1) is 0 Å². The molecular weight excluding hydrogens is 446 g/mol. The predicted octanol–water partition coefficient (Wildman–Crippen LogP) is 3.92. The van der Waals surface area contributed by atoms with Gasteiger partial charge in [0.1, 0.15) is 17.1 Å². The number of ether oxygens (including phenoxy) is 1. The van der Waals surface area contributed by atoms with Gasteiger partial charge in [-0.3, -0.25) is 14.7 Å². The van der Waals surface area contributed by atoms with E-state index in [9.17, 15) is 9.59 Å². The summed E-state index contributed by atoms with van der Waals surface area (Å²) in [5.74, 6) is -0.261. The van der Waals surface area contributed by atoms with Gasteiger partial charge in [-0.15, -0.1) is 11.8 Å². The van der Waals surface area contributed by atoms with E-state index in [1.807, 2.05) is 84.9 Å². The van der Waals surface area contributed by atoms with Crippen LogP contribution in [0.2, 0.25) is 0 Å². The molecule has 1 saturated heterocycles. The molecule has 3 heterocycles. The van der Waals surface area contributed by atoms with Gasteiger partial charge in [0.2, 0.25) is 5.91 Å². The monoisotopic (exact) mass is 469 g/mol. The van der Waals surface area contributed by atoms with Crippen LogP contribution in [0.5, 0.6) is 0 Å². The maximum atomic E-state index is 13.7. The third kappa shape index (κ3) is 4.27. The number of carbonyl (C=O) groups is 2. The molecule has 1 fully saturated rings. The number of nitrogens with zero attached hydrogens (tertiary/aromatic N) is 2. The molecule has 5 rings (SSSR count). The molecule has 2 aliphatic rings. The van der Waals surface area contributed by atoms with Crippen molar-refractivity contribution in [2.75, 3.05) is 5.75 Å². The molecule has 3 aromatic rings.